The van der Waals surface area contributed by atoms with Crippen molar-refractivity contribution >= 4 is 32.6 Å². The summed E-state index contributed by atoms with van der Waals surface area (Å²) >= 11 is 0. The number of hydrogen-bond donors (Lipinski definition) is 0. The van der Waals surface area contributed by atoms with Gasteiger partial charge in [0, 0.05) is 23.4 Å². The molecule has 0 spiro atoms. The van der Waals surface area contributed by atoms with Crippen molar-refractivity contribution in [2.45, 2.75) is 26.0 Å². The van der Waals surface area contributed by atoms with Crippen LogP contribution >= 0.6 is 0 Å². The number of aromatic nitrogens is 2. The lowest BCUT2D eigenvalue weighted by molar-refractivity contribution is 0.660. The monoisotopic (exact) mass is 593 g/mol. The minimum atomic E-state index is -3.14. The highest BCUT2D eigenvalue weighted by Gasteiger charge is 2.35. The van der Waals surface area contributed by atoms with Gasteiger partial charge in [0.25, 0.3) is 0 Å². The van der Waals surface area contributed by atoms with Gasteiger partial charge < -0.3 is 0 Å². The predicted octanol–water partition coefficient (Wildman–Crippen LogP) is 11.3. The SMILES string of the molecule is [2H]c1c([2H])c([2H])c2c(-c3ccc4c(c3)C(C([2H])([2H])[2H])(C([2H])([2H])[2H])c3ccccc3-4)c3c([2H])c([2H])c([2H])c([2H])c3c(-c3ccc(-n4c(C([2H])([2H])[2H])nc5ccccc54)cc3)c2c1[2H]. The Kier molecular flexibility index (Phi) is 2.98. The van der Waals surface area contributed by atoms with Gasteiger partial charge in [-0.1, -0.05) is 123 Å². The van der Waals surface area contributed by atoms with Crippen molar-refractivity contribution in [3.63, 3.8) is 0 Å². The maximum atomic E-state index is 9.37. The van der Waals surface area contributed by atoms with Crippen LogP contribution in [0.15, 0.2) is 139 Å². The lowest BCUT2D eigenvalue weighted by Crippen LogP contribution is -2.14. The fraction of sp³-hybridized carbons (Fsp3) is 0.0930. The second-order valence-corrected chi connectivity index (χ2v) is 11.1. The van der Waals surface area contributed by atoms with E-state index in [4.69, 9.17) is 17.8 Å². The third-order valence-electron chi connectivity index (χ3n) is 8.68. The zero-order valence-electron chi connectivity index (χ0n) is 40.6. The number of fused-ring (bicyclic) bond motifs is 6. The first kappa shape index (κ1) is 14.1. The molecule has 45 heavy (non-hydrogen) atoms. The number of rotatable bonds is 3. The summed E-state index contributed by atoms with van der Waals surface area (Å²) in [5, 5.41) is -0.535. The summed E-state index contributed by atoms with van der Waals surface area (Å²) in [6, 6.07) is 19.2. The van der Waals surface area contributed by atoms with E-state index in [9.17, 15) is 5.48 Å². The molecule has 0 aliphatic heterocycles. The van der Waals surface area contributed by atoms with Gasteiger partial charge in [-0.25, -0.2) is 4.98 Å². The van der Waals surface area contributed by atoms with Gasteiger partial charge >= 0.3 is 0 Å². The van der Waals surface area contributed by atoms with Gasteiger partial charge in [0.2, 0.25) is 0 Å². The van der Waals surface area contributed by atoms with Crippen LogP contribution in [0.2, 0.25) is 0 Å². The topological polar surface area (TPSA) is 17.8 Å². The summed E-state index contributed by atoms with van der Waals surface area (Å²) in [4.78, 5) is 4.38. The van der Waals surface area contributed by atoms with Crippen molar-refractivity contribution in [1.29, 1.82) is 0 Å². The first-order valence-corrected chi connectivity index (χ1v) is 14.3. The number of para-hydroxylation sites is 2. The highest BCUT2D eigenvalue weighted by atomic mass is 15.1. The molecule has 0 saturated carbocycles. The average Bonchev–Trinajstić information content (AvgIpc) is 3.77. The number of aryl methyl sites for hydroxylation is 1. The van der Waals surface area contributed by atoms with Crippen LogP contribution in [0.1, 0.15) is 54.0 Å². The fourth-order valence-corrected chi connectivity index (χ4v) is 6.70. The zero-order valence-corrected chi connectivity index (χ0v) is 23.6. The maximum Gasteiger partial charge on any atom is 0.111 e. The Morgan fingerprint density at radius 3 is 1.91 bits per heavy atom. The Labute approximate surface area is 287 Å². The maximum absolute atomic E-state index is 9.37. The Hall–Kier alpha value is -5.47. The van der Waals surface area contributed by atoms with Gasteiger partial charge in [-0.3, -0.25) is 4.57 Å². The summed E-state index contributed by atoms with van der Waals surface area (Å²) in [6.07, 6.45) is 0. The van der Waals surface area contributed by atoms with Gasteiger partial charge in [-0.2, -0.15) is 0 Å². The smallest absolute Gasteiger partial charge is 0.111 e. The van der Waals surface area contributed by atoms with Gasteiger partial charge in [0.15, 0.2) is 0 Å². The van der Waals surface area contributed by atoms with E-state index in [0.29, 0.717) is 27.8 Å². The predicted molar refractivity (Wildman–Crippen MR) is 189 cm³/mol. The molecular weight excluding hydrogens is 544 g/mol. The lowest BCUT2D eigenvalue weighted by atomic mass is 9.80. The van der Waals surface area contributed by atoms with Crippen LogP contribution in [0.5, 0.6) is 0 Å². The van der Waals surface area contributed by atoms with Crippen LogP contribution in [0.3, 0.4) is 0 Å². The fourth-order valence-electron chi connectivity index (χ4n) is 6.70. The van der Waals surface area contributed by atoms with E-state index in [1.54, 1.807) is 66.7 Å². The molecular formula is C43H32N2. The largest absolute Gasteiger partial charge is 0.297 e. The molecule has 0 fully saturated rings. The standard InChI is InChI=1S/C43H32N2/c1-27-44-39-18-10-11-19-40(39)45(27)30-23-20-28(21-24-30)41-33-13-4-6-15-35(33)42(36-16-7-5-14-34(36)41)29-22-25-32-31-12-8-9-17-37(31)43(2,3)38(32)26-29/h4-26H,1-3H3/i1D3,2D3,3D3,4D,5D,6D,7D,13D,14D,15D,16D. The average molecular weight is 594 g/mol. The van der Waals surface area contributed by atoms with Gasteiger partial charge in [0.1, 0.15) is 5.82 Å². The Bertz CT molecular complexity index is 3140. The van der Waals surface area contributed by atoms with Crippen LogP contribution < -0.4 is 0 Å². The zero-order chi connectivity index (χ0) is 44.7. The van der Waals surface area contributed by atoms with E-state index in [2.05, 4.69) is 4.98 Å². The molecule has 0 saturated heterocycles. The summed E-state index contributed by atoms with van der Waals surface area (Å²) in [6.45, 7) is -8.89. The highest BCUT2D eigenvalue weighted by molar-refractivity contribution is 6.21. The van der Waals surface area contributed by atoms with E-state index in [-0.39, 0.29) is 60.8 Å². The van der Waals surface area contributed by atoms with Crippen molar-refractivity contribution in [2.24, 2.45) is 0 Å². The molecule has 2 nitrogen and oxygen atoms in total. The first-order valence-electron chi connectivity index (χ1n) is 22.8. The Balaban J connectivity index is 1.43. The van der Waals surface area contributed by atoms with Crippen molar-refractivity contribution in [3.05, 3.63) is 156 Å². The summed E-state index contributed by atoms with van der Waals surface area (Å²) in [5.41, 5.74) is -0.283. The Morgan fingerprint density at radius 1 is 0.622 bits per heavy atom. The molecule has 1 aliphatic rings. The van der Waals surface area contributed by atoms with Gasteiger partial charge in [-0.15, -0.1) is 0 Å². The quantitative estimate of drug-likeness (QED) is 0.186. The Morgan fingerprint density at radius 2 is 1.22 bits per heavy atom. The van der Waals surface area contributed by atoms with Crippen molar-refractivity contribution in [3.8, 4) is 39.1 Å². The number of hydrogen-bond acceptors (Lipinski definition) is 1. The summed E-state index contributed by atoms with van der Waals surface area (Å²) in [7, 11) is 0. The van der Waals surface area contributed by atoms with Crippen molar-refractivity contribution in [2.75, 3.05) is 0 Å². The molecule has 7 aromatic carbocycles. The van der Waals surface area contributed by atoms with Crippen LogP contribution in [-0.4, -0.2) is 9.55 Å². The number of benzene rings is 7. The minimum absolute atomic E-state index is 0.0312. The molecule has 0 unspecified atom stereocenters. The third kappa shape index (κ3) is 3.72. The van der Waals surface area contributed by atoms with Crippen molar-refractivity contribution in [1.82, 2.24) is 9.55 Å². The second-order valence-electron chi connectivity index (χ2n) is 11.1. The molecule has 0 N–H and O–H groups in total. The number of nitrogens with zero attached hydrogens (tertiary/aromatic N) is 2. The lowest BCUT2D eigenvalue weighted by Gasteiger charge is -2.23. The van der Waals surface area contributed by atoms with E-state index in [1.165, 1.54) is 28.8 Å². The van der Waals surface area contributed by atoms with Crippen LogP contribution in [0.25, 0.3) is 71.6 Å². The van der Waals surface area contributed by atoms with E-state index < -0.39 is 74.3 Å². The molecule has 9 rings (SSSR count). The van der Waals surface area contributed by atoms with E-state index in [1.807, 2.05) is 0 Å². The molecule has 8 aromatic rings. The van der Waals surface area contributed by atoms with Gasteiger partial charge in [0.05, 0.1) is 22.0 Å². The van der Waals surface area contributed by atoms with E-state index >= 15 is 0 Å². The second kappa shape index (κ2) is 9.51. The molecule has 0 bridgehead atoms. The van der Waals surface area contributed by atoms with Crippen molar-refractivity contribution < 1.29 is 23.3 Å². The van der Waals surface area contributed by atoms with Crippen LogP contribution in [0.4, 0.5) is 0 Å². The molecule has 1 aromatic heterocycles. The molecule has 2 heteroatoms. The molecule has 0 radical (unpaired) electrons. The summed E-state index contributed by atoms with van der Waals surface area (Å²) < 4.78 is 151. The number of imidazole rings is 1. The molecule has 0 atom stereocenters. The van der Waals surface area contributed by atoms with Crippen LogP contribution in [0, 0.1) is 6.85 Å². The summed E-state index contributed by atoms with van der Waals surface area (Å²) in [5.74, 6) is -0.201. The highest BCUT2D eigenvalue weighted by Crippen LogP contribution is 2.51. The molecule has 214 valence electrons. The molecule has 1 heterocycles. The molecule has 0 amide bonds. The van der Waals surface area contributed by atoms with Gasteiger partial charge in [-0.05, 0) is 103 Å². The van der Waals surface area contributed by atoms with E-state index in [0.717, 1.165) is 0 Å². The van der Waals surface area contributed by atoms with Crippen LogP contribution in [-0.2, 0) is 5.41 Å². The normalized spacial score (nSPS) is 19.7. The minimum Gasteiger partial charge on any atom is -0.297 e. The molecule has 1 aliphatic carbocycles. The third-order valence-corrected chi connectivity index (χ3v) is 8.68. The first-order chi connectivity index (χ1) is 29.0.